The summed E-state index contributed by atoms with van der Waals surface area (Å²) in [5.41, 5.74) is -0.459. The first-order valence-electron chi connectivity index (χ1n) is 12.7. The third kappa shape index (κ3) is 6.79. The number of halogens is 3. The molecule has 1 aliphatic heterocycles. The van der Waals surface area contributed by atoms with Gasteiger partial charge >= 0.3 is 6.09 Å². The zero-order valence-electron chi connectivity index (χ0n) is 23.5. The van der Waals surface area contributed by atoms with Crippen LogP contribution in [-0.4, -0.2) is 67.7 Å². The average molecular weight is 646 g/mol. The highest BCUT2D eigenvalue weighted by molar-refractivity contribution is 7.93. The van der Waals surface area contributed by atoms with Crippen LogP contribution in [0.4, 0.5) is 24.4 Å². The van der Waals surface area contributed by atoms with E-state index >= 15 is 8.78 Å². The molecule has 1 N–H and O–H groups in total. The number of benzene rings is 2. The Morgan fingerprint density at radius 1 is 1.24 bits per heavy atom. The van der Waals surface area contributed by atoms with Gasteiger partial charge in [0.15, 0.2) is 10.7 Å². The van der Waals surface area contributed by atoms with Gasteiger partial charge in [0.05, 0.1) is 26.5 Å². The maximum Gasteiger partial charge on any atom is 0.410 e. The van der Waals surface area contributed by atoms with E-state index < -0.39 is 49.3 Å². The van der Waals surface area contributed by atoms with Gasteiger partial charge in [-0.1, -0.05) is 11.6 Å². The van der Waals surface area contributed by atoms with E-state index in [1.165, 1.54) is 19.1 Å². The smallest absolute Gasteiger partial charge is 0.410 e. The first-order chi connectivity index (χ1) is 19.7. The first-order valence-corrected chi connectivity index (χ1v) is 15.3. The molecule has 11 nitrogen and oxygen atoms in total. The maximum atomic E-state index is 15.7. The minimum absolute atomic E-state index is 0.127. The lowest BCUT2D eigenvalue weighted by Gasteiger charge is -2.25. The SMILES string of the molecule is COc1ccc(CN(c2ncns2)S(=O)(=O)c2c(F)cc(N[C@H]3CCN(C(=O)OC(C)(C)C)C3)c(Cl)c2F)c(OC)c1. The van der Waals surface area contributed by atoms with E-state index in [1.54, 1.807) is 39.0 Å². The molecule has 0 unspecified atom stereocenters. The zero-order valence-corrected chi connectivity index (χ0v) is 25.9. The molecule has 0 saturated carbocycles. The number of nitrogens with zero attached hydrogens (tertiary/aromatic N) is 4. The molecule has 2 heterocycles. The molecule has 1 fully saturated rings. The van der Waals surface area contributed by atoms with Gasteiger partial charge in [-0.2, -0.15) is 4.37 Å². The number of likely N-dealkylation sites (tertiary alicyclic amines) is 1. The van der Waals surface area contributed by atoms with E-state index in [-0.39, 0.29) is 29.7 Å². The van der Waals surface area contributed by atoms with Gasteiger partial charge in [0.25, 0.3) is 10.0 Å². The number of carbonyl (C=O) groups is 1. The fourth-order valence-corrected chi connectivity index (χ4v) is 6.80. The summed E-state index contributed by atoms with van der Waals surface area (Å²) in [6.45, 7) is 5.41. The zero-order chi connectivity index (χ0) is 30.8. The van der Waals surface area contributed by atoms with E-state index in [0.717, 1.165) is 28.2 Å². The van der Waals surface area contributed by atoms with Crippen molar-refractivity contribution in [2.75, 3.05) is 36.9 Å². The number of hydrogen-bond donors (Lipinski definition) is 1. The quantitative estimate of drug-likeness (QED) is 0.309. The Balaban J connectivity index is 1.64. The number of carbonyl (C=O) groups excluding carboxylic acids is 1. The van der Waals surface area contributed by atoms with Gasteiger partial charge < -0.3 is 24.4 Å². The highest BCUT2D eigenvalue weighted by atomic mass is 35.5. The fraction of sp³-hybridized carbons (Fsp3) is 0.423. The van der Waals surface area contributed by atoms with Crippen LogP contribution in [0.1, 0.15) is 32.8 Å². The van der Waals surface area contributed by atoms with Gasteiger partial charge in [-0.25, -0.2) is 31.3 Å². The van der Waals surface area contributed by atoms with Crippen molar-refractivity contribution < 1.29 is 36.2 Å². The van der Waals surface area contributed by atoms with Crippen LogP contribution in [0.25, 0.3) is 0 Å². The van der Waals surface area contributed by atoms with Crippen LogP contribution in [0.5, 0.6) is 11.5 Å². The molecule has 228 valence electrons. The minimum atomic E-state index is -4.91. The summed E-state index contributed by atoms with van der Waals surface area (Å²) < 4.78 is 79.4. The lowest BCUT2D eigenvalue weighted by atomic mass is 10.2. The van der Waals surface area contributed by atoms with Crippen LogP contribution < -0.4 is 19.1 Å². The lowest BCUT2D eigenvalue weighted by Crippen LogP contribution is -2.36. The Bertz CT molecular complexity index is 1550. The van der Waals surface area contributed by atoms with E-state index in [0.29, 0.717) is 24.3 Å². The summed E-state index contributed by atoms with van der Waals surface area (Å²) in [6, 6.07) is 5.12. The molecule has 1 atom stereocenters. The van der Waals surface area contributed by atoms with E-state index in [2.05, 4.69) is 14.7 Å². The summed E-state index contributed by atoms with van der Waals surface area (Å²) in [6.07, 6.45) is 1.07. The van der Waals surface area contributed by atoms with Crippen molar-refractivity contribution in [3.05, 3.63) is 52.8 Å². The van der Waals surface area contributed by atoms with Crippen molar-refractivity contribution in [2.24, 2.45) is 0 Å². The standard InChI is InChI=1S/C26H30ClF2N5O6S2/c1-26(2,3)40-25(35)33-9-8-16(13-33)32-19-11-18(28)23(22(29)21(19)27)42(36,37)34(24-30-14-31-41-24)12-15-6-7-17(38-4)10-20(15)39-5/h6-7,10-11,14,16,32H,8-9,12-13H2,1-5H3/t16-/m0/s1. The number of sulfonamides is 1. The fourth-order valence-electron chi connectivity index (χ4n) is 4.29. The largest absolute Gasteiger partial charge is 0.497 e. The van der Waals surface area contributed by atoms with E-state index in [1.807, 2.05) is 0 Å². The average Bonchev–Trinajstić information content (AvgIpc) is 3.62. The number of methoxy groups -OCH3 is 2. The van der Waals surface area contributed by atoms with Crippen molar-refractivity contribution in [2.45, 2.75) is 50.3 Å². The molecule has 4 rings (SSSR count). The van der Waals surface area contributed by atoms with Gasteiger partial charge in [-0.05, 0) is 39.3 Å². The normalized spacial score (nSPS) is 15.4. The molecule has 16 heteroatoms. The molecule has 1 amide bonds. The van der Waals surface area contributed by atoms with Crippen LogP contribution in [-0.2, 0) is 21.3 Å². The third-order valence-electron chi connectivity index (χ3n) is 6.24. The predicted octanol–water partition coefficient (Wildman–Crippen LogP) is 5.30. The number of ether oxygens (including phenoxy) is 3. The van der Waals surface area contributed by atoms with Crippen molar-refractivity contribution in [1.82, 2.24) is 14.3 Å². The minimum Gasteiger partial charge on any atom is -0.497 e. The van der Waals surface area contributed by atoms with Crippen molar-refractivity contribution in [3.63, 3.8) is 0 Å². The predicted molar refractivity (Wildman–Crippen MR) is 154 cm³/mol. The second-order valence-corrected chi connectivity index (χ2v) is 13.3. The molecular weight excluding hydrogens is 616 g/mol. The Morgan fingerprint density at radius 2 is 1.98 bits per heavy atom. The second-order valence-electron chi connectivity index (χ2n) is 10.3. The molecule has 1 aromatic heterocycles. The number of amides is 1. The molecule has 0 spiro atoms. The van der Waals surface area contributed by atoms with E-state index in [9.17, 15) is 13.2 Å². The Kier molecular flexibility index (Phi) is 9.33. The number of aromatic nitrogens is 2. The number of anilines is 2. The maximum absolute atomic E-state index is 15.7. The van der Waals surface area contributed by atoms with Gasteiger partial charge in [0, 0.05) is 48.4 Å². The summed E-state index contributed by atoms with van der Waals surface area (Å²) in [4.78, 5) is 16.6. The number of rotatable bonds is 9. The van der Waals surface area contributed by atoms with Crippen molar-refractivity contribution >= 4 is 50.1 Å². The van der Waals surface area contributed by atoms with Gasteiger partial charge in [-0.3, -0.25) is 0 Å². The molecule has 42 heavy (non-hydrogen) atoms. The summed E-state index contributed by atoms with van der Waals surface area (Å²) >= 11 is 6.99. The molecule has 1 saturated heterocycles. The number of nitrogens with one attached hydrogen (secondary N) is 1. The molecule has 1 aliphatic rings. The summed E-state index contributed by atoms with van der Waals surface area (Å²) in [7, 11) is -2.05. The lowest BCUT2D eigenvalue weighted by molar-refractivity contribution is 0.0293. The van der Waals surface area contributed by atoms with Gasteiger partial charge in [-0.15, -0.1) is 0 Å². The molecule has 0 aliphatic carbocycles. The van der Waals surface area contributed by atoms with Crippen molar-refractivity contribution in [3.8, 4) is 11.5 Å². The monoisotopic (exact) mass is 645 g/mol. The Labute approximate surface area is 251 Å². The second kappa shape index (κ2) is 12.4. The molecule has 2 aromatic carbocycles. The molecule has 0 radical (unpaired) electrons. The van der Waals surface area contributed by atoms with Crippen LogP contribution in [0, 0.1) is 11.6 Å². The Hall–Kier alpha value is -3.43. The summed E-state index contributed by atoms with van der Waals surface area (Å²) in [5, 5.41) is 2.17. The highest BCUT2D eigenvalue weighted by Gasteiger charge is 2.37. The highest BCUT2D eigenvalue weighted by Crippen LogP contribution is 2.38. The van der Waals surface area contributed by atoms with Gasteiger partial charge in [0.1, 0.15) is 34.3 Å². The van der Waals surface area contributed by atoms with Crippen molar-refractivity contribution in [1.29, 1.82) is 0 Å². The van der Waals surface area contributed by atoms with Crippen LogP contribution in [0.15, 0.2) is 35.5 Å². The third-order valence-corrected chi connectivity index (χ3v) is 9.18. The van der Waals surface area contributed by atoms with E-state index in [4.69, 9.17) is 25.8 Å². The number of hydrogen-bond acceptors (Lipinski definition) is 10. The Morgan fingerprint density at radius 3 is 2.60 bits per heavy atom. The topological polar surface area (TPSA) is 123 Å². The molecule has 3 aromatic rings. The molecule has 0 bridgehead atoms. The first kappa shape index (κ1) is 31.5. The van der Waals surface area contributed by atoms with Crippen LogP contribution in [0.3, 0.4) is 0 Å². The van der Waals surface area contributed by atoms with Gasteiger partial charge in [0.2, 0.25) is 5.13 Å². The van der Waals surface area contributed by atoms with Crippen LogP contribution in [0.2, 0.25) is 5.02 Å². The molecular formula is C26H30ClF2N5O6S2. The summed E-state index contributed by atoms with van der Waals surface area (Å²) in [5.74, 6) is -2.09. The van der Waals surface area contributed by atoms with Crippen LogP contribution >= 0.6 is 23.1 Å².